The number of methoxy groups -OCH3 is 1. The van der Waals surface area contributed by atoms with Gasteiger partial charge in [0.2, 0.25) is 0 Å². The highest BCUT2D eigenvalue weighted by Crippen LogP contribution is 2.40. The van der Waals surface area contributed by atoms with Gasteiger partial charge in [0.25, 0.3) is 0 Å². The summed E-state index contributed by atoms with van der Waals surface area (Å²) in [6.07, 6.45) is 3.68. The molecule has 4 rings (SSSR count). The van der Waals surface area contributed by atoms with E-state index in [0.29, 0.717) is 29.7 Å². The van der Waals surface area contributed by atoms with Gasteiger partial charge < -0.3 is 19.1 Å². The Morgan fingerprint density at radius 3 is 2.67 bits per heavy atom. The summed E-state index contributed by atoms with van der Waals surface area (Å²) in [5, 5.41) is 3.49. The van der Waals surface area contributed by atoms with Gasteiger partial charge in [0.1, 0.15) is 22.8 Å². The molecule has 1 N–H and O–H groups in total. The molecule has 0 bridgehead atoms. The molecule has 1 aromatic carbocycles. The summed E-state index contributed by atoms with van der Waals surface area (Å²) in [4.78, 5) is 21.3. The monoisotopic (exact) mass is 408 g/mol. The molecule has 2 aromatic rings. The van der Waals surface area contributed by atoms with Crippen molar-refractivity contribution in [3.63, 3.8) is 0 Å². The van der Waals surface area contributed by atoms with E-state index in [1.165, 1.54) is 30.6 Å². The summed E-state index contributed by atoms with van der Waals surface area (Å²) in [5.41, 5.74) is 1.96. The molecule has 2 fully saturated rings. The van der Waals surface area contributed by atoms with Gasteiger partial charge in [-0.2, -0.15) is 0 Å². The molecule has 2 aliphatic rings. The van der Waals surface area contributed by atoms with Crippen LogP contribution in [0.25, 0.3) is 10.2 Å². The van der Waals surface area contributed by atoms with Crippen molar-refractivity contribution in [3.8, 4) is 5.75 Å². The normalized spacial score (nSPS) is 18.7. The van der Waals surface area contributed by atoms with Crippen LogP contribution in [0, 0.1) is 0 Å². The molecule has 0 aliphatic carbocycles. The molecule has 0 radical (unpaired) electrons. The number of benzene rings is 1. The number of anilines is 2. The number of aromatic nitrogens is 1. The van der Waals surface area contributed by atoms with E-state index in [0.717, 1.165) is 34.7 Å². The third-order valence-electron chi connectivity index (χ3n) is 5.08. The van der Waals surface area contributed by atoms with Crippen molar-refractivity contribution >= 4 is 49.6 Å². The maximum absolute atomic E-state index is 12.5. The third-order valence-corrected chi connectivity index (χ3v) is 7.35. The second-order valence-corrected chi connectivity index (χ2v) is 9.49. The van der Waals surface area contributed by atoms with Crippen LogP contribution in [0.5, 0.6) is 5.75 Å². The molecule has 2 aliphatic heterocycles. The predicted octanol–water partition coefficient (Wildman–Crippen LogP) is 2.89. The summed E-state index contributed by atoms with van der Waals surface area (Å²) in [5.74, 6) is 1.80. The molecule has 2 amide bonds. The molecular weight excluding hydrogens is 384 g/mol. The van der Waals surface area contributed by atoms with Crippen LogP contribution in [0.3, 0.4) is 0 Å². The van der Waals surface area contributed by atoms with Gasteiger partial charge in [0.15, 0.2) is 5.13 Å². The van der Waals surface area contributed by atoms with Crippen LogP contribution < -0.4 is 15.0 Å². The minimum atomic E-state index is -0.804. The number of thiazole rings is 1. The van der Waals surface area contributed by atoms with Gasteiger partial charge in [0, 0.05) is 13.1 Å². The number of carbonyl (C=O) groups is 1. The van der Waals surface area contributed by atoms with Crippen LogP contribution in [0.2, 0.25) is 0 Å². The van der Waals surface area contributed by atoms with Crippen LogP contribution in [0.4, 0.5) is 15.6 Å². The molecule has 7 nitrogen and oxygen atoms in total. The zero-order valence-corrected chi connectivity index (χ0v) is 17.0. The molecular formula is C18H24N4O3S2. The minimum absolute atomic E-state index is 0.177. The van der Waals surface area contributed by atoms with Crippen molar-refractivity contribution in [2.24, 2.45) is 0 Å². The van der Waals surface area contributed by atoms with Crippen LogP contribution >= 0.6 is 11.3 Å². The number of hydrogen-bond acceptors (Lipinski definition) is 6. The first-order valence-electron chi connectivity index (χ1n) is 9.29. The van der Waals surface area contributed by atoms with Gasteiger partial charge in [-0.1, -0.05) is 22.5 Å². The van der Waals surface area contributed by atoms with Gasteiger partial charge in [-0.3, -0.25) is 5.32 Å². The zero-order chi connectivity index (χ0) is 18.8. The van der Waals surface area contributed by atoms with Crippen LogP contribution in [0.15, 0.2) is 12.1 Å². The lowest BCUT2D eigenvalue weighted by Gasteiger charge is -2.29. The Morgan fingerprint density at radius 1 is 1.22 bits per heavy atom. The van der Waals surface area contributed by atoms with Gasteiger partial charge in [-0.25, -0.2) is 9.78 Å². The Labute approximate surface area is 165 Å². The van der Waals surface area contributed by atoms with Gasteiger partial charge in [-0.15, -0.1) is 0 Å². The molecule has 27 heavy (non-hydrogen) atoms. The molecule has 0 saturated carbocycles. The Balaban J connectivity index is 1.59. The quantitative estimate of drug-likeness (QED) is 0.790. The Bertz CT molecular complexity index is 814. The maximum Gasteiger partial charge on any atom is 0.323 e. The van der Waals surface area contributed by atoms with Crippen LogP contribution in [-0.2, 0) is 11.2 Å². The molecule has 0 spiro atoms. The number of piperidine rings is 1. The lowest BCUT2D eigenvalue weighted by molar-refractivity contribution is 0.216. The van der Waals surface area contributed by atoms with Crippen molar-refractivity contribution in [1.29, 1.82) is 0 Å². The van der Waals surface area contributed by atoms with Gasteiger partial charge in [0.05, 0.1) is 30.6 Å². The number of hydrogen-bond donors (Lipinski definition) is 1. The highest BCUT2D eigenvalue weighted by Gasteiger charge is 2.25. The SMILES string of the molecule is COc1ccc(N2CCCCC2)c2sc(NC(=O)N3CC[S+]([O-])CC3)nc12. The number of nitrogens with one attached hydrogen (secondary N) is 1. The van der Waals surface area contributed by atoms with Crippen molar-refractivity contribution in [1.82, 2.24) is 9.88 Å². The largest absolute Gasteiger partial charge is 0.616 e. The topological polar surface area (TPSA) is 80.8 Å². The molecule has 0 unspecified atom stereocenters. The number of urea groups is 1. The number of rotatable bonds is 3. The standard InChI is InChI=1S/C18H24N4O3S2/c1-25-14-6-5-13(21-7-3-2-4-8-21)16-15(14)19-17(26-16)20-18(23)22-9-11-27(24)12-10-22/h5-6H,2-4,7-12H2,1H3,(H,19,20,23). The van der Waals surface area contributed by atoms with E-state index >= 15 is 0 Å². The fourth-order valence-corrected chi connectivity index (χ4v) is 5.65. The fourth-order valence-electron chi connectivity index (χ4n) is 3.58. The summed E-state index contributed by atoms with van der Waals surface area (Å²) in [6, 6.07) is 3.87. The van der Waals surface area contributed by atoms with E-state index < -0.39 is 11.2 Å². The first kappa shape index (κ1) is 18.6. The first-order valence-corrected chi connectivity index (χ1v) is 11.6. The molecule has 3 heterocycles. The van der Waals surface area contributed by atoms with E-state index in [9.17, 15) is 9.35 Å². The number of nitrogens with zero attached hydrogens (tertiary/aromatic N) is 3. The van der Waals surface area contributed by atoms with Crippen molar-refractivity contribution in [2.75, 3.05) is 55.0 Å². The van der Waals surface area contributed by atoms with Crippen molar-refractivity contribution < 1.29 is 14.1 Å². The number of carbonyl (C=O) groups excluding carboxylic acids is 1. The van der Waals surface area contributed by atoms with Crippen molar-refractivity contribution in [3.05, 3.63) is 12.1 Å². The minimum Gasteiger partial charge on any atom is -0.616 e. The van der Waals surface area contributed by atoms with Crippen LogP contribution in [-0.4, -0.2) is 65.3 Å². The smallest absolute Gasteiger partial charge is 0.323 e. The summed E-state index contributed by atoms with van der Waals surface area (Å²) < 4.78 is 18.0. The highest BCUT2D eigenvalue weighted by molar-refractivity contribution is 7.91. The second-order valence-electron chi connectivity index (χ2n) is 6.80. The lowest BCUT2D eigenvalue weighted by Crippen LogP contribution is -2.45. The number of fused-ring (bicyclic) bond motifs is 1. The summed E-state index contributed by atoms with van der Waals surface area (Å²) in [7, 11) is 1.64. The average Bonchev–Trinajstić information content (AvgIpc) is 3.11. The van der Waals surface area contributed by atoms with E-state index in [1.807, 2.05) is 6.07 Å². The number of ether oxygens (including phenoxy) is 1. The lowest BCUT2D eigenvalue weighted by atomic mass is 10.1. The first-order chi connectivity index (χ1) is 13.2. The van der Waals surface area contributed by atoms with Gasteiger partial charge >= 0.3 is 6.03 Å². The maximum atomic E-state index is 12.5. The highest BCUT2D eigenvalue weighted by atomic mass is 32.2. The predicted molar refractivity (Wildman–Crippen MR) is 111 cm³/mol. The van der Waals surface area contributed by atoms with E-state index in [-0.39, 0.29) is 6.03 Å². The molecule has 9 heteroatoms. The van der Waals surface area contributed by atoms with Crippen LogP contribution in [0.1, 0.15) is 19.3 Å². The molecule has 2 saturated heterocycles. The van der Waals surface area contributed by atoms with E-state index in [1.54, 1.807) is 12.0 Å². The van der Waals surface area contributed by atoms with Gasteiger partial charge in [-0.05, 0) is 31.4 Å². The zero-order valence-electron chi connectivity index (χ0n) is 15.4. The average molecular weight is 409 g/mol. The summed E-state index contributed by atoms with van der Waals surface area (Å²) >= 11 is 0.685. The fraction of sp³-hybridized carbons (Fsp3) is 0.556. The Morgan fingerprint density at radius 2 is 1.96 bits per heavy atom. The second kappa shape index (κ2) is 8.12. The molecule has 0 atom stereocenters. The molecule has 1 aromatic heterocycles. The number of amides is 2. The third kappa shape index (κ3) is 3.95. The van der Waals surface area contributed by atoms with E-state index in [2.05, 4.69) is 21.3 Å². The molecule has 146 valence electrons. The summed E-state index contributed by atoms with van der Waals surface area (Å²) in [6.45, 7) is 3.13. The van der Waals surface area contributed by atoms with Crippen molar-refractivity contribution in [2.45, 2.75) is 19.3 Å². The Kier molecular flexibility index (Phi) is 5.60. The Hall–Kier alpha value is -1.71. The van der Waals surface area contributed by atoms with E-state index in [4.69, 9.17) is 4.74 Å².